The van der Waals surface area contributed by atoms with Crippen molar-refractivity contribution in [3.8, 4) is 0 Å². The maximum atomic E-state index is 13.0. The zero-order valence-electron chi connectivity index (χ0n) is 15.0. The predicted octanol–water partition coefficient (Wildman–Crippen LogP) is -0.165. The van der Waals surface area contributed by atoms with Crippen LogP contribution in [0.5, 0.6) is 0 Å². The lowest BCUT2D eigenvalue weighted by molar-refractivity contribution is -0.139. The number of carbonyl (C=O) groups is 2. The largest absolute Gasteiger partial charge is 0.335 e. The van der Waals surface area contributed by atoms with Gasteiger partial charge in [-0.05, 0) is 13.0 Å². The van der Waals surface area contributed by atoms with E-state index in [4.69, 9.17) is 0 Å². The van der Waals surface area contributed by atoms with Gasteiger partial charge in [0.2, 0.25) is 5.91 Å². The van der Waals surface area contributed by atoms with Crippen molar-refractivity contribution in [3.05, 3.63) is 17.5 Å². The highest BCUT2D eigenvalue weighted by Gasteiger charge is 2.50. The first-order valence-electron chi connectivity index (χ1n) is 8.43. The molecule has 0 saturated carbocycles. The molecule has 8 nitrogen and oxygen atoms in total. The molecule has 0 N–H and O–H groups in total. The number of aryl methyl sites for hydroxylation is 2. The summed E-state index contributed by atoms with van der Waals surface area (Å²) in [6.07, 6.45) is 0. The number of carbonyl (C=O) groups excluding carboxylic acids is 2. The average molecular weight is 368 g/mol. The number of nitrogens with zero attached hydrogens (tertiary/aromatic N) is 4. The topological polar surface area (TPSA) is 92.6 Å². The fourth-order valence-corrected chi connectivity index (χ4v) is 5.75. The molecule has 0 aliphatic carbocycles. The van der Waals surface area contributed by atoms with Gasteiger partial charge in [0.25, 0.3) is 5.91 Å². The minimum Gasteiger partial charge on any atom is -0.335 e. The summed E-state index contributed by atoms with van der Waals surface area (Å²) in [6.45, 7) is 6.10. The molecular formula is C16H24N4O4S. The van der Waals surface area contributed by atoms with Crippen LogP contribution in [-0.4, -0.2) is 76.5 Å². The molecule has 0 radical (unpaired) electrons. The van der Waals surface area contributed by atoms with Crippen LogP contribution >= 0.6 is 0 Å². The van der Waals surface area contributed by atoms with Crippen molar-refractivity contribution >= 4 is 21.7 Å². The molecule has 3 heterocycles. The van der Waals surface area contributed by atoms with E-state index < -0.39 is 21.9 Å². The Labute approximate surface area is 147 Å². The Morgan fingerprint density at radius 3 is 2.24 bits per heavy atom. The fourth-order valence-electron chi connectivity index (χ4n) is 3.77. The van der Waals surface area contributed by atoms with Crippen LogP contribution in [0.15, 0.2) is 6.07 Å². The normalized spacial score (nSPS) is 25.3. The van der Waals surface area contributed by atoms with Crippen molar-refractivity contribution in [3.63, 3.8) is 0 Å². The second kappa shape index (κ2) is 6.12. The first-order chi connectivity index (χ1) is 11.6. The maximum Gasteiger partial charge on any atom is 0.272 e. The Bertz CT molecular complexity index is 814. The molecule has 2 atom stereocenters. The molecule has 2 aliphatic rings. The fraction of sp³-hybridized carbons (Fsp3) is 0.688. The van der Waals surface area contributed by atoms with Crippen molar-refractivity contribution in [2.45, 2.75) is 32.9 Å². The molecule has 0 unspecified atom stereocenters. The summed E-state index contributed by atoms with van der Waals surface area (Å²) in [5.74, 6) is -0.666. The van der Waals surface area contributed by atoms with Gasteiger partial charge in [-0.2, -0.15) is 5.10 Å². The summed E-state index contributed by atoms with van der Waals surface area (Å²) in [7, 11) is -1.59. The molecule has 9 heteroatoms. The van der Waals surface area contributed by atoms with Gasteiger partial charge in [0.05, 0.1) is 29.3 Å². The second-order valence-corrected chi connectivity index (χ2v) is 9.34. The van der Waals surface area contributed by atoms with Crippen LogP contribution in [0, 0.1) is 12.8 Å². The van der Waals surface area contributed by atoms with E-state index in [0.717, 1.165) is 5.69 Å². The number of sulfone groups is 1. The lowest BCUT2D eigenvalue weighted by atomic mass is 10.0. The Morgan fingerprint density at radius 1 is 1.16 bits per heavy atom. The SMILES string of the molecule is Cc1cc(C(=O)N2CCN(C(=O)C(C)C)[C@@H]3CS(=O)(=O)C[C@@H]32)n(C)n1. The minimum atomic E-state index is -3.28. The summed E-state index contributed by atoms with van der Waals surface area (Å²) in [5.41, 5.74) is 1.17. The smallest absolute Gasteiger partial charge is 0.272 e. The van der Waals surface area contributed by atoms with Crippen molar-refractivity contribution in [1.82, 2.24) is 19.6 Å². The summed E-state index contributed by atoms with van der Waals surface area (Å²) in [6, 6.07) is 0.739. The van der Waals surface area contributed by atoms with E-state index in [-0.39, 0.29) is 29.2 Å². The van der Waals surface area contributed by atoms with E-state index in [1.807, 2.05) is 0 Å². The summed E-state index contributed by atoms with van der Waals surface area (Å²) in [5, 5.41) is 4.19. The Hall–Kier alpha value is -1.90. The third-order valence-electron chi connectivity index (χ3n) is 4.93. The van der Waals surface area contributed by atoms with Crippen molar-refractivity contribution in [1.29, 1.82) is 0 Å². The van der Waals surface area contributed by atoms with Crippen molar-refractivity contribution in [2.24, 2.45) is 13.0 Å². The van der Waals surface area contributed by atoms with E-state index in [9.17, 15) is 18.0 Å². The van der Waals surface area contributed by atoms with Gasteiger partial charge in [-0.25, -0.2) is 8.42 Å². The van der Waals surface area contributed by atoms with Crippen LogP contribution in [0.4, 0.5) is 0 Å². The molecule has 1 aromatic rings. The van der Waals surface area contributed by atoms with E-state index in [0.29, 0.717) is 18.8 Å². The van der Waals surface area contributed by atoms with Crippen LogP contribution in [0.2, 0.25) is 0 Å². The Balaban J connectivity index is 1.92. The number of hydrogen-bond acceptors (Lipinski definition) is 5. The van der Waals surface area contributed by atoms with Crippen LogP contribution in [-0.2, 0) is 21.7 Å². The highest BCUT2D eigenvalue weighted by Crippen LogP contribution is 2.29. The third-order valence-corrected chi connectivity index (χ3v) is 6.63. The lowest BCUT2D eigenvalue weighted by Gasteiger charge is -2.44. The molecule has 0 spiro atoms. The summed E-state index contributed by atoms with van der Waals surface area (Å²) < 4.78 is 26.0. The molecule has 2 fully saturated rings. The number of aromatic nitrogens is 2. The minimum absolute atomic E-state index is 0.0597. The number of piperazine rings is 1. The molecule has 2 aliphatic heterocycles. The first kappa shape index (κ1) is 17.9. The quantitative estimate of drug-likeness (QED) is 0.723. The number of fused-ring (bicyclic) bond motifs is 1. The van der Waals surface area contributed by atoms with E-state index in [2.05, 4.69) is 5.10 Å². The van der Waals surface area contributed by atoms with E-state index in [1.54, 1.807) is 43.7 Å². The molecule has 3 rings (SSSR count). The zero-order chi connectivity index (χ0) is 18.5. The van der Waals surface area contributed by atoms with Crippen LogP contribution < -0.4 is 0 Å². The maximum absolute atomic E-state index is 13.0. The standard InChI is InChI=1S/C16H24N4O4S/c1-10(2)15(21)19-5-6-20(14-9-25(23,24)8-13(14)19)16(22)12-7-11(3)17-18(12)4/h7,10,13-14H,5-6,8-9H2,1-4H3/t13-,14+/m1/s1. The third kappa shape index (κ3) is 3.17. The second-order valence-electron chi connectivity index (χ2n) is 7.19. The molecule has 0 bridgehead atoms. The Kier molecular flexibility index (Phi) is 4.38. The highest BCUT2D eigenvalue weighted by molar-refractivity contribution is 7.91. The summed E-state index contributed by atoms with van der Waals surface area (Å²) in [4.78, 5) is 28.7. The average Bonchev–Trinajstić information content (AvgIpc) is 3.02. The van der Waals surface area contributed by atoms with Gasteiger partial charge >= 0.3 is 0 Å². The zero-order valence-corrected chi connectivity index (χ0v) is 15.8. The van der Waals surface area contributed by atoms with Crippen molar-refractivity contribution in [2.75, 3.05) is 24.6 Å². The summed E-state index contributed by atoms with van der Waals surface area (Å²) >= 11 is 0. The number of rotatable bonds is 2. The van der Waals surface area contributed by atoms with Crippen molar-refractivity contribution < 1.29 is 18.0 Å². The van der Waals surface area contributed by atoms with Gasteiger partial charge in [0.1, 0.15) is 5.69 Å². The molecule has 138 valence electrons. The van der Waals surface area contributed by atoms with Crippen LogP contribution in [0.25, 0.3) is 0 Å². The van der Waals surface area contributed by atoms with Gasteiger partial charge in [-0.1, -0.05) is 13.8 Å². The molecule has 2 amide bonds. The van der Waals surface area contributed by atoms with E-state index in [1.165, 1.54) is 4.68 Å². The van der Waals surface area contributed by atoms with Gasteiger partial charge in [-0.3, -0.25) is 14.3 Å². The van der Waals surface area contributed by atoms with Gasteiger partial charge in [0, 0.05) is 26.1 Å². The molecule has 1 aromatic heterocycles. The lowest BCUT2D eigenvalue weighted by Crippen LogP contribution is -2.62. The van der Waals surface area contributed by atoms with Gasteiger partial charge < -0.3 is 9.80 Å². The van der Waals surface area contributed by atoms with Crippen LogP contribution in [0.3, 0.4) is 0 Å². The van der Waals surface area contributed by atoms with Gasteiger partial charge in [0.15, 0.2) is 9.84 Å². The number of hydrogen-bond donors (Lipinski definition) is 0. The van der Waals surface area contributed by atoms with E-state index >= 15 is 0 Å². The number of amides is 2. The monoisotopic (exact) mass is 368 g/mol. The van der Waals surface area contributed by atoms with Crippen LogP contribution in [0.1, 0.15) is 30.0 Å². The molecule has 2 saturated heterocycles. The molecular weight excluding hydrogens is 344 g/mol. The molecule has 0 aromatic carbocycles. The predicted molar refractivity (Wildman–Crippen MR) is 91.8 cm³/mol. The Morgan fingerprint density at radius 2 is 1.72 bits per heavy atom. The van der Waals surface area contributed by atoms with Gasteiger partial charge in [-0.15, -0.1) is 0 Å². The highest BCUT2D eigenvalue weighted by atomic mass is 32.2. The molecule has 25 heavy (non-hydrogen) atoms. The first-order valence-corrected chi connectivity index (χ1v) is 10.3.